The largest absolute Gasteiger partial charge is 0.328 e. The fourth-order valence-corrected chi connectivity index (χ4v) is 2.82. The molecule has 106 valence electrons. The second kappa shape index (κ2) is 5.13. The quantitative estimate of drug-likeness (QED) is 0.663. The third-order valence-electron chi connectivity index (χ3n) is 3.87. The van der Waals surface area contributed by atoms with Crippen molar-refractivity contribution < 1.29 is 4.79 Å². The number of amides is 1. The summed E-state index contributed by atoms with van der Waals surface area (Å²) in [4.78, 5) is 28.7. The normalized spacial score (nSPS) is 22.9. The van der Waals surface area contributed by atoms with E-state index in [1.807, 2.05) is 0 Å². The summed E-state index contributed by atoms with van der Waals surface area (Å²) in [6, 6.07) is 5.44. The van der Waals surface area contributed by atoms with Crippen molar-refractivity contribution in [3.05, 3.63) is 28.7 Å². The van der Waals surface area contributed by atoms with Gasteiger partial charge in [-0.05, 0) is 37.5 Å². The van der Waals surface area contributed by atoms with E-state index in [2.05, 4.69) is 15.3 Å². The first kappa shape index (κ1) is 12.9. The lowest BCUT2D eigenvalue weighted by atomic mass is 9.85. The minimum absolute atomic E-state index is 0.0115. The molecule has 1 aliphatic rings. The first-order valence-corrected chi connectivity index (χ1v) is 6.90. The Morgan fingerprint density at radius 3 is 2.85 bits per heavy atom. The highest BCUT2D eigenvalue weighted by molar-refractivity contribution is 5.94. The van der Waals surface area contributed by atoms with Crippen LogP contribution in [0.3, 0.4) is 0 Å². The number of anilines is 1. The molecule has 3 rings (SSSR count). The van der Waals surface area contributed by atoms with E-state index in [1.165, 1.54) is 0 Å². The molecule has 1 fully saturated rings. The van der Waals surface area contributed by atoms with Crippen LogP contribution in [0.25, 0.3) is 11.0 Å². The molecule has 6 nitrogen and oxygen atoms in total. The molecule has 1 aliphatic carbocycles. The molecule has 1 amide bonds. The molecule has 20 heavy (non-hydrogen) atoms. The SMILES string of the molecule is NC1CCCC(C(=O)Nc2ccc3[nH]c(=O)[nH]c3c2)C1. The lowest BCUT2D eigenvalue weighted by molar-refractivity contribution is -0.120. The van der Waals surface area contributed by atoms with E-state index in [1.54, 1.807) is 18.2 Å². The Morgan fingerprint density at radius 2 is 2.05 bits per heavy atom. The van der Waals surface area contributed by atoms with Crippen LogP contribution in [0, 0.1) is 5.92 Å². The van der Waals surface area contributed by atoms with Gasteiger partial charge in [0.15, 0.2) is 0 Å². The number of benzene rings is 1. The summed E-state index contributed by atoms with van der Waals surface area (Å²) in [7, 11) is 0. The van der Waals surface area contributed by atoms with Crippen molar-refractivity contribution in [1.82, 2.24) is 9.97 Å². The number of hydrogen-bond donors (Lipinski definition) is 4. The van der Waals surface area contributed by atoms with E-state index in [0.29, 0.717) is 11.2 Å². The first-order chi connectivity index (χ1) is 9.61. The van der Waals surface area contributed by atoms with Gasteiger partial charge in [0.25, 0.3) is 0 Å². The van der Waals surface area contributed by atoms with Crippen LogP contribution in [0.15, 0.2) is 23.0 Å². The van der Waals surface area contributed by atoms with Crippen LogP contribution in [-0.4, -0.2) is 21.9 Å². The Morgan fingerprint density at radius 1 is 1.25 bits per heavy atom. The van der Waals surface area contributed by atoms with Crippen LogP contribution in [0.1, 0.15) is 25.7 Å². The molecule has 0 aliphatic heterocycles. The van der Waals surface area contributed by atoms with Gasteiger partial charge in [-0.25, -0.2) is 4.79 Å². The Balaban J connectivity index is 1.74. The predicted molar refractivity (Wildman–Crippen MR) is 77.5 cm³/mol. The average molecular weight is 274 g/mol. The molecule has 0 saturated heterocycles. The Bertz CT molecular complexity index is 688. The van der Waals surface area contributed by atoms with Crippen molar-refractivity contribution in [3.63, 3.8) is 0 Å². The van der Waals surface area contributed by atoms with Crippen LogP contribution in [-0.2, 0) is 4.79 Å². The molecule has 6 heteroatoms. The number of carbonyl (C=O) groups is 1. The summed E-state index contributed by atoms with van der Waals surface area (Å²) < 4.78 is 0. The van der Waals surface area contributed by atoms with Crippen molar-refractivity contribution in [2.45, 2.75) is 31.7 Å². The molecule has 1 aromatic carbocycles. The second-order valence-electron chi connectivity index (χ2n) is 5.45. The highest BCUT2D eigenvalue weighted by Crippen LogP contribution is 2.25. The fourth-order valence-electron chi connectivity index (χ4n) is 2.82. The molecular formula is C14H18N4O2. The maximum atomic E-state index is 12.2. The van der Waals surface area contributed by atoms with Gasteiger partial charge in [-0.2, -0.15) is 0 Å². The van der Waals surface area contributed by atoms with Crippen molar-refractivity contribution in [2.24, 2.45) is 11.7 Å². The molecule has 2 aromatic rings. The van der Waals surface area contributed by atoms with Gasteiger partial charge in [0.2, 0.25) is 5.91 Å². The summed E-state index contributed by atoms with van der Waals surface area (Å²) in [6.07, 6.45) is 3.64. The van der Waals surface area contributed by atoms with Crippen LogP contribution in [0.4, 0.5) is 5.69 Å². The third-order valence-corrected chi connectivity index (χ3v) is 3.87. The van der Waals surface area contributed by atoms with Crippen molar-refractivity contribution in [2.75, 3.05) is 5.32 Å². The van der Waals surface area contributed by atoms with Crippen LogP contribution >= 0.6 is 0 Å². The highest BCUT2D eigenvalue weighted by Gasteiger charge is 2.25. The molecule has 2 unspecified atom stereocenters. The third kappa shape index (κ3) is 2.60. The maximum absolute atomic E-state index is 12.2. The van der Waals surface area contributed by atoms with Gasteiger partial charge in [-0.15, -0.1) is 0 Å². The van der Waals surface area contributed by atoms with Gasteiger partial charge in [0.1, 0.15) is 0 Å². The number of aromatic amines is 2. The zero-order valence-electron chi connectivity index (χ0n) is 11.1. The number of aromatic nitrogens is 2. The highest BCUT2D eigenvalue weighted by atomic mass is 16.2. The molecule has 5 N–H and O–H groups in total. The van der Waals surface area contributed by atoms with E-state index < -0.39 is 0 Å². The standard InChI is InChI=1S/C14H18N4O2/c15-9-3-1-2-8(6-9)13(19)16-10-4-5-11-12(7-10)18-14(20)17-11/h4-5,7-9H,1-3,6,15H2,(H,16,19)(H2,17,18,20). The molecule has 1 aromatic heterocycles. The lowest BCUT2D eigenvalue weighted by Crippen LogP contribution is -2.34. The number of carbonyl (C=O) groups excluding carboxylic acids is 1. The molecule has 0 bridgehead atoms. The van der Waals surface area contributed by atoms with Crippen molar-refractivity contribution >= 4 is 22.6 Å². The van der Waals surface area contributed by atoms with Gasteiger partial charge < -0.3 is 21.0 Å². The Kier molecular flexibility index (Phi) is 3.31. The molecule has 0 spiro atoms. The molecule has 1 saturated carbocycles. The van der Waals surface area contributed by atoms with Crippen LogP contribution < -0.4 is 16.7 Å². The topological polar surface area (TPSA) is 104 Å². The molecule has 2 atom stereocenters. The number of imidazole rings is 1. The van der Waals surface area contributed by atoms with E-state index >= 15 is 0 Å². The molecule has 0 radical (unpaired) electrons. The van der Waals surface area contributed by atoms with Crippen LogP contribution in [0.5, 0.6) is 0 Å². The maximum Gasteiger partial charge on any atom is 0.323 e. The van der Waals surface area contributed by atoms with Gasteiger partial charge in [-0.3, -0.25) is 4.79 Å². The molecular weight excluding hydrogens is 256 g/mol. The number of nitrogens with one attached hydrogen (secondary N) is 3. The van der Waals surface area contributed by atoms with Crippen molar-refractivity contribution in [1.29, 1.82) is 0 Å². The summed E-state index contributed by atoms with van der Waals surface area (Å²) in [5.74, 6) is -0.00268. The Hall–Kier alpha value is -2.08. The number of rotatable bonds is 2. The smallest absolute Gasteiger partial charge is 0.323 e. The zero-order chi connectivity index (χ0) is 14.1. The lowest BCUT2D eigenvalue weighted by Gasteiger charge is -2.25. The number of hydrogen-bond acceptors (Lipinski definition) is 3. The number of H-pyrrole nitrogens is 2. The van der Waals surface area contributed by atoms with Crippen LogP contribution in [0.2, 0.25) is 0 Å². The minimum Gasteiger partial charge on any atom is -0.328 e. The van der Waals surface area contributed by atoms with Crippen molar-refractivity contribution in [3.8, 4) is 0 Å². The van der Waals surface area contributed by atoms with Gasteiger partial charge in [-0.1, -0.05) is 6.42 Å². The predicted octanol–water partition coefficient (Wildman–Crippen LogP) is 1.31. The van der Waals surface area contributed by atoms with Gasteiger partial charge >= 0.3 is 5.69 Å². The van der Waals surface area contributed by atoms with Gasteiger partial charge in [0, 0.05) is 17.6 Å². The number of fused-ring (bicyclic) bond motifs is 1. The average Bonchev–Trinajstić information content (AvgIpc) is 2.78. The first-order valence-electron chi connectivity index (χ1n) is 6.90. The Labute approximate surface area is 115 Å². The summed E-state index contributed by atoms with van der Waals surface area (Å²) in [6.45, 7) is 0. The molecule has 1 heterocycles. The minimum atomic E-state index is -0.248. The van der Waals surface area contributed by atoms with E-state index in [4.69, 9.17) is 5.73 Å². The van der Waals surface area contributed by atoms with Gasteiger partial charge in [0.05, 0.1) is 11.0 Å². The zero-order valence-corrected chi connectivity index (χ0v) is 11.1. The summed E-state index contributed by atoms with van der Waals surface area (Å²) in [5, 5.41) is 2.90. The second-order valence-corrected chi connectivity index (χ2v) is 5.45. The fraction of sp³-hybridized carbons (Fsp3) is 0.429. The summed E-state index contributed by atoms with van der Waals surface area (Å²) >= 11 is 0. The van der Waals surface area contributed by atoms with E-state index in [-0.39, 0.29) is 23.6 Å². The monoisotopic (exact) mass is 274 g/mol. The summed E-state index contributed by atoms with van der Waals surface area (Å²) in [5.41, 5.74) is 7.77. The number of nitrogens with two attached hydrogens (primary N) is 1. The van der Waals surface area contributed by atoms with E-state index in [9.17, 15) is 9.59 Å². The van der Waals surface area contributed by atoms with E-state index in [0.717, 1.165) is 31.2 Å².